The third kappa shape index (κ3) is 4.47. The van der Waals surface area contributed by atoms with E-state index in [1.165, 1.54) is 32.3 Å². The maximum atomic E-state index is 13.1. The quantitative estimate of drug-likeness (QED) is 0.587. The van der Waals surface area contributed by atoms with E-state index in [0.717, 1.165) is 4.31 Å². The SMILES string of the molecule is CN(C)S(=O)(=O)c1cc(C(=O)Nc2c(C(=O)N3CCOCC3)oc3ccccc23)ccc1Cl. The van der Waals surface area contributed by atoms with Gasteiger partial charge in [-0.2, -0.15) is 0 Å². The highest BCUT2D eigenvalue weighted by Gasteiger charge is 2.28. The Morgan fingerprint density at radius 1 is 1.09 bits per heavy atom. The van der Waals surface area contributed by atoms with Crippen molar-refractivity contribution in [1.82, 2.24) is 9.21 Å². The van der Waals surface area contributed by atoms with Crippen molar-refractivity contribution in [3.05, 3.63) is 58.8 Å². The van der Waals surface area contributed by atoms with Crippen molar-refractivity contribution < 1.29 is 27.2 Å². The highest BCUT2D eigenvalue weighted by atomic mass is 35.5. The molecule has 1 aromatic heterocycles. The lowest BCUT2D eigenvalue weighted by Gasteiger charge is -2.26. The summed E-state index contributed by atoms with van der Waals surface area (Å²) in [7, 11) is -1.12. The molecule has 1 aliphatic rings. The summed E-state index contributed by atoms with van der Waals surface area (Å²) in [5, 5.41) is 3.28. The molecular weight excluding hydrogens is 470 g/mol. The molecule has 2 amide bonds. The second-order valence-corrected chi connectivity index (χ2v) is 10.1. The van der Waals surface area contributed by atoms with Crippen LogP contribution in [0.15, 0.2) is 51.8 Å². The lowest BCUT2D eigenvalue weighted by molar-refractivity contribution is 0.0285. The number of ether oxygens (including phenoxy) is 1. The van der Waals surface area contributed by atoms with Crippen molar-refractivity contribution in [2.75, 3.05) is 45.7 Å². The predicted octanol–water partition coefficient (Wildman–Crippen LogP) is 3.06. The van der Waals surface area contributed by atoms with Crippen LogP contribution in [0.5, 0.6) is 0 Å². The summed E-state index contributed by atoms with van der Waals surface area (Å²) in [6.45, 7) is 1.65. The molecule has 0 unspecified atom stereocenters. The average molecular weight is 492 g/mol. The first-order valence-corrected chi connectivity index (χ1v) is 11.9. The molecule has 0 spiro atoms. The van der Waals surface area contributed by atoms with Gasteiger partial charge in [0.05, 0.1) is 18.2 Å². The van der Waals surface area contributed by atoms with Crippen LogP contribution < -0.4 is 5.32 Å². The van der Waals surface area contributed by atoms with Gasteiger partial charge in [0.25, 0.3) is 11.8 Å². The monoisotopic (exact) mass is 491 g/mol. The van der Waals surface area contributed by atoms with Gasteiger partial charge < -0.3 is 19.4 Å². The minimum Gasteiger partial charge on any atom is -0.449 e. The molecule has 4 rings (SSSR count). The molecule has 33 heavy (non-hydrogen) atoms. The number of halogens is 1. The van der Waals surface area contributed by atoms with E-state index < -0.39 is 15.9 Å². The number of nitrogens with one attached hydrogen (secondary N) is 1. The van der Waals surface area contributed by atoms with E-state index in [1.54, 1.807) is 29.2 Å². The Labute approximate surface area is 195 Å². The number of carbonyl (C=O) groups is 2. The second-order valence-electron chi connectivity index (χ2n) is 7.59. The van der Waals surface area contributed by atoms with E-state index in [4.69, 9.17) is 20.8 Å². The molecule has 0 atom stereocenters. The zero-order valence-electron chi connectivity index (χ0n) is 18.0. The van der Waals surface area contributed by atoms with Gasteiger partial charge in [-0.3, -0.25) is 9.59 Å². The van der Waals surface area contributed by atoms with Crippen LogP contribution in [0, 0.1) is 0 Å². The van der Waals surface area contributed by atoms with E-state index in [2.05, 4.69) is 5.32 Å². The minimum absolute atomic E-state index is 0.00144. The maximum absolute atomic E-state index is 13.1. The first-order valence-electron chi connectivity index (χ1n) is 10.1. The number of anilines is 1. The summed E-state index contributed by atoms with van der Waals surface area (Å²) in [4.78, 5) is 27.7. The fraction of sp³-hybridized carbons (Fsp3) is 0.273. The zero-order valence-corrected chi connectivity index (χ0v) is 19.6. The molecule has 0 bridgehead atoms. The van der Waals surface area contributed by atoms with Gasteiger partial charge in [-0.25, -0.2) is 12.7 Å². The fourth-order valence-corrected chi connectivity index (χ4v) is 4.85. The van der Waals surface area contributed by atoms with Gasteiger partial charge in [-0.05, 0) is 30.3 Å². The normalized spacial score (nSPS) is 14.6. The maximum Gasteiger partial charge on any atom is 0.291 e. The van der Waals surface area contributed by atoms with Crippen molar-refractivity contribution >= 4 is 50.1 Å². The van der Waals surface area contributed by atoms with Crippen LogP contribution in [0.3, 0.4) is 0 Å². The summed E-state index contributed by atoms with van der Waals surface area (Å²) in [6, 6.07) is 10.9. The van der Waals surface area contributed by atoms with E-state index >= 15 is 0 Å². The number of fused-ring (bicyclic) bond motifs is 1. The Hall–Kier alpha value is -2.92. The number of rotatable bonds is 5. The number of para-hydroxylation sites is 1. The predicted molar refractivity (Wildman–Crippen MR) is 123 cm³/mol. The molecule has 1 aliphatic heterocycles. The Morgan fingerprint density at radius 3 is 2.48 bits per heavy atom. The first kappa shape index (κ1) is 23.2. The topological polar surface area (TPSA) is 109 Å². The van der Waals surface area contributed by atoms with Crippen molar-refractivity contribution in [3.63, 3.8) is 0 Å². The summed E-state index contributed by atoms with van der Waals surface area (Å²) in [6.07, 6.45) is 0. The molecular formula is C22H22ClN3O6S. The van der Waals surface area contributed by atoms with Crippen molar-refractivity contribution in [2.24, 2.45) is 0 Å². The molecule has 0 saturated carbocycles. The van der Waals surface area contributed by atoms with Crippen LogP contribution in [0.4, 0.5) is 5.69 Å². The van der Waals surface area contributed by atoms with E-state index in [-0.39, 0.29) is 32.8 Å². The molecule has 0 radical (unpaired) electrons. The highest BCUT2D eigenvalue weighted by molar-refractivity contribution is 7.89. The molecule has 11 heteroatoms. The van der Waals surface area contributed by atoms with Crippen LogP contribution in [-0.4, -0.2) is 69.8 Å². The van der Waals surface area contributed by atoms with Crippen LogP contribution in [-0.2, 0) is 14.8 Å². The van der Waals surface area contributed by atoms with Crippen molar-refractivity contribution in [3.8, 4) is 0 Å². The Balaban J connectivity index is 1.72. The number of sulfonamides is 1. The Kier molecular flexibility index (Phi) is 6.44. The van der Waals surface area contributed by atoms with Crippen molar-refractivity contribution in [2.45, 2.75) is 4.90 Å². The first-order chi connectivity index (χ1) is 15.7. The third-order valence-electron chi connectivity index (χ3n) is 5.28. The molecule has 2 heterocycles. The largest absolute Gasteiger partial charge is 0.449 e. The zero-order chi connectivity index (χ0) is 23.8. The summed E-state index contributed by atoms with van der Waals surface area (Å²) < 4.78 is 37.3. The number of furan rings is 1. The number of hydrogen-bond acceptors (Lipinski definition) is 6. The number of benzene rings is 2. The van der Waals surface area contributed by atoms with Gasteiger partial charge in [0.2, 0.25) is 15.8 Å². The van der Waals surface area contributed by atoms with Gasteiger partial charge in [-0.1, -0.05) is 23.7 Å². The third-order valence-corrected chi connectivity index (χ3v) is 7.58. The number of carbonyl (C=O) groups excluding carboxylic acids is 2. The van der Waals surface area contributed by atoms with Crippen LogP contribution in [0.25, 0.3) is 11.0 Å². The van der Waals surface area contributed by atoms with Gasteiger partial charge in [0, 0.05) is 38.1 Å². The standard InChI is InChI=1S/C22H22ClN3O6S/c1-25(2)33(29,30)18-13-14(7-8-16(18)23)21(27)24-19-15-5-3-4-6-17(15)32-20(19)22(28)26-9-11-31-12-10-26/h3-8,13H,9-12H2,1-2H3,(H,24,27). The van der Waals surface area contributed by atoms with Crippen LogP contribution >= 0.6 is 11.6 Å². The molecule has 1 fully saturated rings. The fourth-order valence-electron chi connectivity index (χ4n) is 3.45. The van der Waals surface area contributed by atoms with Gasteiger partial charge in [-0.15, -0.1) is 0 Å². The highest BCUT2D eigenvalue weighted by Crippen LogP contribution is 2.33. The Bertz CT molecular complexity index is 1330. The van der Waals surface area contributed by atoms with Gasteiger partial charge in [0.15, 0.2) is 0 Å². The number of hydrogen-bond donors (Lipinski definition) is 1. The molecule has 1 saturated heterocycles. The van der Waals surface area contributed by atoms with E-state index in [0.29, 0.717) is 37.3 Å². The lowest BCUT2D eigenvalue weighted by atomic mass is 10.1. The average Bonchev–Trinajstić information content (AvgIpc) is 3.17. The summed E-state index contributed by atoms with van der Waals surface area (Å²) in [5.74, 6) is -0.970. The summed E-state index contributed by atoms with van der Waals surface area (Å²) in [5.41, 5.74) is 0.727. The minimum atomic E-state index is -3.87. The Morgan fingerprint density at radius 2 is 1.79 bits per heavy atom. The summed E-state index contributed by atoms with van der Waals surface area (Å²) >= 11 is 6.09. The molecule has 174 valence electrons. The molecule has 2 aromatic carbocycles. The van der Waals surface area contributed by atoms with E-state index in [1.807, 2.05) is 0 Å². The van der Waals surface area contributed by atoms with Crippen LogP contribution in [0.1, 0.15) is 20.9 Å². The molecule has 3 aromatic rings. The van der Waals surface area contributed by atoms with E-state index in [9.17, 15) is 18.0 Å². The smallest absolute Gasteiger partial charge is 0.291 e. The molecule has 1 N–H and O–H groups in total. The second kappa shape index (κ2) is 9.14. The molecule has 0 aliphatic carbocycles. The number of nitrogens with zero attached hydrogens (tertiary/aromatic N) is 2. The number of morpholine rings is 1. The van der Waals surface area contributed by atoms with Gasteiger partial charge >= 0.3 is 0 Å². The van der Waals surface area contributed by atoms with Gasteiger partial charge in [0.1, 0.15) is 16.2 Å². The number of amides is 2. The van der Waals surface area contributed by atoms with Crippen LogP contribution in [0.2, 0.25) is 5.02 Å². The lowest BCUT2D eigenvalue weighted by Crippen LogP contribution is -2.40. The molecule has 9 nitrogen and oxygen atoms in total. The van der Waals surface area contributed by atoms with Crippen molar-refractivity contribution in [1.29, 1.82) is 0 Å².